The summed E-state index contributed by atoms with van der Waals surface area (Å²) in [4.78, 5) is 14.8. The minimum absolute atomic E-state index is 0.0223. The molecular weight excluding hydrogens is 400 g/mol. The molecule has 0 bridgehead atoms. The molecule has 0 spiro atoms. The number of alkyl halides is 2. The van der Waals surface area contributed by atoms with Gasteiger partial charge in [0.05, 0.1) is 18.8 Å². The van der Waals surface area contributed by atoms with E-state index in [1.54, 1.807) is 18.3 Å². The second-order valence-corrected chi connectivity index (χ2v) is 8.63. The molecule has 3 N–H and O–H groups in total. The van der Waals surface area contributed by atoms with Crippen LogP contribution < -0.4 is 15.1 Å². The molecule has 1 saturated heterocycles. The molecule has 0 radical (unpaired) electrons. The standard InChI is InChI=1S/C16H19F2N3O4S2/c17-14(18)15(26)19-9-13-10-21(16(22)25-13)12-3-1-11(2-4-12)20-5-7-27(23,24)8-6-20/h1-5,7,13-14,23-24H,6,8-10H2,(H,19,26)/t13-/m0/s1. The molecule has 1 atom stereocenters. The van der Waals surface area contributed by atoms with Crippen molar-refractivity contribution in [1.82, 2.24) is 5.32 Å². The molecule has 2 heterocycles. The highest BCUT2D eigenvalue weighted by atomic mass is 32.3. The Bertz CT molecular complexity index is 746. The predicted octanol–water partition coefficient (Wildman–Crippen LogP) is 3.24. The molecule has 27 heavy (non-hydrogen) atoms. The SMILES string of the molecule is O=C1O[C@@H](CNC(=S)C(F)F)CN1c1ccc(N2C=CS(O)(O)CC2)cc1. The van der Waals surface area contributed by atoms with Crippen LogP contribution in [0, 0.1) is 0 Å². The van der Waals surface area contributed by atoms with Crippen LogP contribution in [0.25, 0.3) is 0 Å². The summed E-state index contributed by atoms with van der Waals surface area (Å²) < 4.78 is 49.2. The van der Waals surface area contributed by atoms with Crippen molar-refractivity contribution >= 4 is 45.3 Å². The third kappa shape index (κ3) is 4.86. The van der Waals surface area contributed by atoms with Crippen LogP contribution in [0.2, 0.25) is 0 Å². The van der Waals surface area contributed by atoms with Crippen molar-refractivity contribution in [2.24, 2.45) is 0 Å². The lowest BCUT2D eigenvalue weighted by Crippen LogP contribution is -2.36. The quantitative estimate of drug-likeness (QED) is 0.632. The highest BCUT2D eigenvalue weighted by Crippen LogP contribution is 2.43. The number of carbonyl (C=O) groups excluding carboxylic acids is 1. The van der Waals surface area contributed by atoms with Crippen molar-refractivity contribution in [3.63, 3.8) is 0 Å². The van der Waals surface area contributed by atoms with Gasteiger partial charge in [0.2, 0.25) is 0 Å². The van der Waals surface area contributed by atoms with E-state index in [9.17, 15) is 22.7 Å². The van der Waals surface area contributed by atoms with Gasteiger partial charge in [-0.05, 0) is 24.3 Å². The van der Waals surface area contributed by atoms with Gasteiger partial charge in [-0.1, -0.05) is 12.2 Å². The second kappa shape index (κ2) is 7.97. The first-order valence-electron chi connectivity index (χ1n) is 8.10. The zero-order chi connectivity index (χ0) is 19.6. The van der Waals surface area contributed by atoms with Crippen LogP contribution in [0.4, 0.5) is 25.0 Å². The fourth-order valence-electron chi connectivity index (χ4n) is 2.72. The van der Waals surface area contributed by atoms with E-state index in [2.05, 4.69) is 17.5 Å². The Balaban J connectivity index is 1.60. The summed E-state index contributed by atoms with van der Waals surface area (Å²) in [6, 6.07) is 7.11. The highest BCUT2D eigenvalue weighted by molar-refractivity contribution is 8.26. The lowest BCUT2D eigenvalue weighted by molar-refractivity contribution is 0.142. The van der Waals surface area contributed by atoms with Gasteiger partial charge < -0.3 is 15.0 Å². The maximum absolute atomic E-state index is 12.4. The topological polar surface area (TPSA) is 85.3 Å². The van der Waals surface area contributed by atoms with E-state index in [0.29, 0.717) is 12.2 Å². The third-order valence-electron chi connectivity index (χ3n) is 4.16. The van der Waals surface area contributed by atoms with Gasteiger partial charge in [-0.15, -0.1) is 0 Å². The summed E-state index contributed by atoms with van der Waals surface area (Å²) in [5.74, 6) is 0.263. The average Bonchev–Trinajstić information content (AvgIpc) is 3.00. The molecule has 1 aromatic carbocycles. The molecule has 1 aromatic rings. The summed E-state index contributed by atoms with van der Waals surface area (Å²) in [5, 5.41) is 3.79. The molecule has 0 unspecified atom stereocenters. The van der Waals surface area contributed by atoms with E-state index < -0.39 is 34.2 Å². The minimum Gasteiger partial charge on any atom is -0.442 e. The summed E-state index contributed by atoms with van der Waals surface area (Å²) in [5.41, 5.74) is 1.46. The molecule has 148 valence electrons. The van der Waals surface area contributed by atoms with Crippen LogP contribution in [0.1, 0.15) is 0 Å². The van der Waals surface area contributed by atoms with Crippen molar-refractivity contribution in [2.75, 3.05) is 35.2 Å². The van der Waals surface area contributed by atoms with E-state index in [-0.39, 0.29) is 18.8 Å². The largest absolute Gasteiger partial charge is 0.442 e. The van der Waals surface area contributed by atoms with Gasteiger partial charge in [-0.2, -0.15) is 10.6 Å². The molecule has 2 aliphatic heterocycles. The maximum Gasteiger partial charge on any atom is 0.414 e. The zero-order valence-electron chi connectivity index (χ0n) is 14.1. The molecule has 3 rings (SSSR count). The van der Waals surface area contributed by atoms with E-state index in [0.717, 1.165) is 5.69 Å². The van der Waals surface area contributed by atoms with Crippen LogP contribution in [0.3, 0.4) is 0 Å². The number of hydrogen-bond acceptors (Lipinski definition) is 6. The first kappa shape index (κ1) is 19.8. The number of hydrogen-bond donors (Lipinski definition) is 3. The van der Waals surface area contributed by atoms with Gasteiger partial charge in [0, 0.05) is 29.5 Å². The van der Waals surface area contributed by atoms with Crippen LogP contribution >= 0.6 is 22.8 Å². The van der Waals surface area contributed by atoms with Crippen LogP contribution in [0.5, 0.6) is 0 Å². The van der Waals surface area contributed by atoms with E-state index >= 15 is 0 Å². The molecule has 0 aromatic heterocycles. The Morgan fingerprint density at radius 2 is 2.00 bits per heavy atom. The van der Waals surface area contributed by atoms with Crippen LogP contribution in [-0.4, -0.2) is 58.1 Å². The molecule has 0 saturated carbocycles. The Morgan fingerprint density at radius 3 is 2.59 bits per heavy atom. The maximum atomic E-state index is 12.4. The van der Waals surface area contributed by atoms with Gasteiger partial charge >= 0.3 is 6.09 Å². The number of nitrogens with zero attached hydrogens (tertiary/aromatic N) is 2. The Kier molecular flexibility index (Phi) is 5.84. The molecule has 0 aliphatic carbocycles. The average molecular weight is 419 g/mol. The number of halogens is 2. The van der Waals surface area contributed by atoms with Gasteiger partial charge in [0.25, 0.3) is 6.43 Å². The second-order valence-electron chi connectivity index (χ2n) is 6.08. The zero-order valence-corrected chi connectivity index (χ0v) is 15.8. The van der Waals surface area contributed by atoms with E-state index in [1.165, 1.54) is 10.3 Å². The molecular formula is C16H19F2N3O4S2. The number of amides is 1. The van der Waals surface area contributed by atoms with E-state index in [4.69, 9.17) is 4.74 Å². The van der Waals surface area contributed by atoms with Crippen molar-refractivity contribution < 1.29 is 27.4 Å². The van der Waals surface area contributed by atoms with Crippen molar-refractivity contribution in [3.8, 4) is 0 Å². The van der Waals surface area contributed by atoms with Crippen LogP contribution in [-0.2, 0) is 4.74 Å². The Labute approximate surface area is 161 Å². The Hall–Kier alpha value is -1.95. The third-order valence-corrected chi connectivity index (χ3v) is 5.82. The van der Waals surface area contributed by atoms with Gasteiger partial charge in [-0.25, -0.2) is 13.6 Å². The van der Waals surface area contributed by atoms with Gasteiger partial charge in [-0.3, -0.25) is 14.0 Å². The lowest BCUT2D eigenvalue weighted by Gasteiger charge is -2.36. The number of carbonyl (C=O) groups is 1. The van der Waals surface area contributed by atoms with Crippen molar-refractivity contribution in [3.05, 3.63) is 35.9 Å². The number of ether oxygens (including phenoxy) is 1. The lowest BCUT2D eigenvalue weighted by atomic mass is 10.2. The molecule has 1 amide bonds. The number of rotatable bonds is 5. The summed E-state index contributed by atoms with van der Waals surface area (Å²) in [6.07, 6.45) is -2.24. The molecule has 11 heteroatoms. The predicted molar refractivity (Wildman–Crippen MR) is 105 cm³/mol. The number of benzene rings is 1. The number of cyclic esters (lactones) is 1. The first-order chi connectivity index (χ1) is 12.7. The van der Waals surface area contributed by atoms with Crippen molar-refractivity contribution in [1.29, 1.82) is 0 Å². The summed E-state index contributed by atoms with van der Waals surface area (Å²) in [6.45, 7) is 0.720. The smallest absolute Gasteiger partial charge is 0.414 e. The highest BCUT2D eigenvalue weighted by Gasteiger charge is 2.32. The number of thiocarbonyl (C=S) groups is 1. The fraction of sp³-hybridized carbons (Fsp3) is 0.375. The normalized spacial score (nSPS) is 22.7. The van der Waals surface area contributed by atoms with Gasteiger partial charge in [0.1, 0.15) is 11.1 Å². The fourth-order valence-corrected chi connectivity index (χ4v) is 3.74. The molecule has 1 fully saturated rings. The monoisotopic (exact) mass is 419 g/mol. The molecule has 2 aliphatic rings. The number of nitrogens with one attached hydrogen (secondary N) is 1. The van der Waals surface area contributed by atoms with Crippen molar-refractivity contribution in [2.45, 2.75) is 12.5 Å². The summed E-state index contributed by atoms with van der Waals surface area (Å²) >= 11 is 4.50. The minimum atomic E-state index is -2.74. The number of anilines is 2. The Morgan fingerprint density at radius 1 is 1.33 bits per heavy atom. The summed E-state index contributed by atoms with van der Waals surface area (Å²) in [7, 11) is -2.63. The first-order valence-corrected chi connectivity index (χ1v) is 10.3. The van der Waals surface area contributed by atoms with Crippen LogP contribution in [0.15, 0.2) is 35.9 Å². The van der Waals surface area contributed by atoms with E-state index in [1.807, 2.05) is 17.0 Å². The van der Waals surface area contributed by atoms with Gasteiger partial charge in [0.15, 0.2) is 0 Å². The molecule has 7 nitrogen and oxygen atoms in total.